The topological polar surface area (TPSA) is 84.5 Å². The first kappa shape index (κ1) is 19.4. The number of carbonyl (C=O) groups excluding carboxylic acids is 1. The van der Waals surface area contributed by atoms with Crippen molar-refractivity contribution >= 4 is 37.5 Å². The van der Waals surface area contributed by atoms with Crippen molar-refractivity contribution in [2.45, 2.75) is 24.8 Å². The quantitative estimate of drug-likeness (QED) is 0.711. The predicted octanol–water partition coefficient (Wildman–Crippen LogP) is 3.15. The lowest BCUT2D eigenvalue weighted by molar-refractivity contribution is -0.117. The van der Waals surface area contributed by atoms with Gasteiger partial charge < -0.3 is 10.1 Å². The third kappa shape index (κ3) is 5.29. The molecule has 0 spiro atoms. The molecule has 0 heterocycles. The molecule has 2 aromatic rings. The number of benzene rings is 2. The molecule has 6 nitrogen and oxygen atoms in total. The SMILES string of the molecule is CCOc1ccc(S(=O)(=O)N[C@H](C)C(=O)Nc2ccccc2Br)cc1. The van der Waals surface area contributed by atoms with E-state index >= 15 is 0 Å². The van der Waals surface area contributed by atoms with E-state index in [1.165, 1.54) is 19.1 Å². The number of hydrogen-bond acceptors (Lipinski definition) is 4. The van der Waals surface area contributed by atoms with Crippen molar-refractivity contribution in [2.24, 2.45) is 0 Å². The Morgan fingerprint density at radius 2 is 1.80 bits per heavy atom. The zero-order chi connectivity index (χ0) is 18.4. The number of carbonyl (C=O) groups is 1. The number of rotatable bonds is 7. The fourth-order valence-electron chi connectivity index (χ4n) is 2.04. The van der Waals surface area contributed by atoms with Gasteiger partial charge in [0.1, 0.15) is 5.75 Å². The highest BCUT2D eigenvalue weighted by atomic mass is 79.9. The highest BCUT2D eigenvalue weighted by Gasteiger charge is 2.22. The molecule has 1 atom stereocenters. The van der Waals surface area contributed by atoms with Crippen LogP contribution in [-0.4, -0.2) is 27.0 Å². The van der Waals surface area contributed by atoms with Crippen molar-refractivity contribution in [1.82, 2.24) is 4.72 Å². The number of hydrogen-bond donors (Lipinski definition) is 2. The number of para-hydroxylation sites is 1. The van der Waals surface area contributed by atoms with Crippen molar-refractivity contribution in [2.75, 3.05) is 11.9 Å². The van der Waals surface area contributed by atoms with E-state index in [1.807, 2.05) is 13.0 Å². The minimum absolute atomic E-state index is 0.0662. The van der Waals surface area contributed by atoms with Crippen molar-refractivity contribution in [3.8, 4) is 5.75 Å². The molecule has 0 aromatic heterocycles. The van der Waals surface area contributed by atoms with Crippen LogP contribution in [0, 0.1) is 0 Å². The lowest BCUT2D eigenvalue weighted by atomic mass is 10.3. The summed E-state index contributed by atoms with van der Waals surface area (Å²) in [4.78, 5) is 12.3. The molecule has 8 heteroatoms. The molecule has 1 amide bonds. The van der Waals surface area contributed by atoms with E-state index in [2.05, 4.69) is 26.0 Å². The van der Waals surface area contributed by atoms with Gasteiger partial charge in [0.15, 0.2) is 0 Å². The van der Waals surface area contributed by atoms with Crippen LogP contribution in [0.25, 0.3) is 0 Å². The zero-order valence-electron chi connectivity index (χ0n) is 13.8. The fourth-order valence-corrected chi connectivity index (χ4v) is 3.63. The second kappa shape index (κ2) is 8.46. The van der Waals surface area contributed by atoms with Crippen molar-refractivity contribution < 1.29 is 17.9 Å². The van der Waals surface area contributed by atoms with Crippen LogP contribution in [-0.2, 0) is 14.8 Å². The van der Waals surface area contributed by atoms with Gasteiger partial charge in [-0.3, -0.25) is 4.79 Å². The van der Waals surface area contributed by atoms with Crippen molar-refractivity contribution in [3.05, 3.63) is 53.0 Å². The van der Waals surface area contributed by atoms with Crippen LogP contribution in [0.2, 0.25) is 0 Å². The Bertz CT molecular complexity index is 838. The summed E-state index contributed by atoms with van der Waals surface area (Å²) in [6.07, 6.45) is 0. The average Bonchev–Trinajstić information content (AvgIpc) is 2.57. The molecule has 2 rings (SSSR count). The Morgan fingerprint density at radius 3 is 2.40 bits per heavy atom. The summed E-state index contributed by atoms with van der Waals surface area (Å²) in [6, 6.07) is 12.2. The van der Waals surface area contributed by atoms with Gasteiger partial charge in [-0.05, 0) is 66.2 Å². The summed E-state index contributed by atoms with van der Waals surface area (Å²) in [5.41, 5.74) is 0.569. The Kier molecular flexibility index (Phi) is 6.57. The molecule has 0 radical (unpaired) electrons. The largest absolute Gasteiger partial charge is 0.494 e. The molecule has 0 fully saturated rings. The third-order valence-corrected chi connectivity index (χ3v) is 5.55. The van der Waals surface area contributed by atoms with Crippen LogP contribution >= 0.6 is 15.9 Å². The van der Waals surface area contributed by atoms with Gasteiger partial charge in [-0.15, -0.1) is 0 Å². The molecule has 0 aliphatic rings. The van der Waals surface area contributed by atoms with Gasteiger partial charge in [-0.25, -0.2) is 8.42 Å². The first-order valence-corrected chi connectivity index (χ1v) is 9.91. The normalized spacial score (nSPS) is 12.4. The highest BCUT2D eigenvalue weighted by molar-refractivity contribution is 9.10. The van der Waals surface area contributed by atoms with Gasteiger partial charge in [0.05, 0.1) is 23.2 Å². The Morgan fingerprint density at radius 1 is 1.16 bits per heavy atom. The monoisotopic (exact) mass is 426 g/mol. The van der Waals surface area contributed by atoms with E-state index in [4.69, 9.17) is 4.74 Å². The maximum absolute atomic E-state index is 12.4. The number of anilines is 1. The van der Waals surface area contributed by atoms with E-state index in [9.17, 15) is 13.2 Å². The average molecular weight is 427 g/mol. The fraction of sp³-hybridized carbons (Fsp3) is 0.235. The smallest absolute Gasteiger partial charge is 0.242 e. The van der Waals surface area contributed by atoms with E-state index < -0.39 is 22.0 Å². The van der Waals surface area contributed by atoms with Crippen LogP contribution in [0.1, 0.15) is 13.8 Å². The molecule has 0 aliphatic carbocycles. The molecule has 25 heavy (non-hydrogen) atoms. The van der Waals surface area contributed by atoms with Gasteiger partial charge in [0.2, 0.25) is 15.9 Å². The minimum atomic E-state index is -3.82. The lowest BCUT2D eigenvalue weighted by Crippen LogP contribution is -2.41. The van der Waals surface area contributed by atoms with Crippen LogP contribution in [0.5, 0.6) is 5.75 Å². The molecule has 2 N–H and O–H groups in total. The zero-order valence-corrected chi connectivity index (χ0v) is 16.2. The number of amides is 1. The Hall–Kier alpha value is -1.90. The second-order valence-corrected chi connectivity index (χ2v) is 7.78. The van der Waals surface area contributed by atoms with Gasteiger partial charge in [-0.1, -0.05) is 12.1 Å². The molecule has 0 aliphatic heterocycles. The van der Waals surface area contributed by atoms with Gasteiger partial charge >= 0.3 is 0 Å². The van der Waals surface area contributed by atoms with Gasteiger partial charge in [-0.2, -0.15) is 4.72 Å². The first-order chi connectivity index (χ1) is 11.8. The summed E-state index contributed by atoms with van der Waals surface area (Å²) < 4.78 is 33.2. The lowest BCUT2D eigenvalue weighted by Gasteiger charge is -2.15. The van der Waals surface area contributed by atoms with Gasteiger partial charge in [0, 0.05) is 4.47 Å². The molecule has 0 saturated carbocycles. The van der Waals surface area contributed by atoms with Crippen LogP contribution in [0.3, 0.4) is 0 Å². The van der Waals surface area contributed by atoms with Crippen molar-refractivity contribution in [1.29, 1.82) is 0 Å². The van der Waals surface area contributed by atoms with Gasteiger partial charge in [0.25, 0.3) is 0 Å². The predicted molar refractivity (Wildman–Crippen MR) is 100 cm³/mol. The third-order valence-electron chi connectivity index (χ3n) is 3.30. The summed E-state index contributed by atoms with van der Waals surface area (Å²) >= 11 is 3.33. The second-order valence-electron chi connectivity index (χ2n) is 5.22. The maximum atomic E-state index is 12.4. The number of sulfonamides is 1. The van der Waals surface area contributed by atoms with Crippen LogP contribution in [0.15, 0.2) is 57.9 Å². The van der Waals surface area contributed by atoms with E-state index in [1.54, 1.807) is 30.3 Å². The molecule has 134 valence electrons. The summed E-state index contributed by atoms with van der Waals surface area (Å²) in [5, 5.41) is 2.68. The highest BCUT2D eigenvalue weighted by Crippen LogP contribution is 2.21. The minimum Gasteiger partial charge on any atom is -0.494 e. The number of halogens is 1. The Balaban J connectivity index is 2.06. The first-order valence-electron chi connectivity index (χ1n) is 7.64. The van der Waals surface area contributed by atoms with Crippen molar-refractivity contribution in [3.63, 3.8) is 0 Å². The molecular formula is C17H19BrN2O4S. The van der Waals surface area contributed by atoms with E-state index in [0.29, 0.717) is 22.5 Å². The summed E-state index contributed by atoms with van der Waals surface area (Å²) in [5.74, 6) is 0.127. The molecule has 0 saturated heterocycles. The Labute approximate surface area is 155 Å². The summed E-state index contributed by atoms with van der Waals surface area (Å²) in [7, 11) is -3.82. The molecular weight excluding hydrogens is 408 g/mol. The maximum Gasteiger partial charge on any atom is 0.242 e. The van der Waals surface area contributed by atoms with Crippen LogP contribution in [0.4, 0.5) is 5.69 Å². The molecule has 0 unspecified atom stereocenters. The van der Waals surface area contributed by atoms with E-state index in [-0.39, 0.29) is 4.90 Å². The molecule has 0 bridgehead atoms. The van der Waals surface area contributed by atoms with E-state index in [0.717, 1.165) is 0 Å². The number of ether oxygens (including phenoxy) is 1. The van der Waals surface area contributed by atoms with Crippen LogP contribution < -0.4 is 14.8 Å². The standard InChI is InChI=1S/C17H19BrN2O4S/c1-3-24-13-8-10-14(11-9-13)25(22,23)20-12(2)17(21)19-16-7-5-4-6-15(16)18/h4-12,20H,3H2,1-2H3,(H,19,21)/t12-/m1/s1. The molecule has 2 aromatic carbocycles. The number of nitrogens with one attached hydrogen (secondary N) is 2. The summed E-state index contributed by atoms with van der Waals surface area (Å²) in [6.45, 7) is 3.83.